The highest BCUT2D eigenvalue weighted by molar-refractivity contribution is 6.03. The molecule has 0 saturated carbocycles. The molecule has 1 saturated heterocycles. The summed E-state index contributed by atoms with van der Waals surface area (Å²) in [6.07, 6.45) is 5.60. The number of benzene rings is 3. The van der Waals surface area contributed by atoms with Gasteiger partial charge in [-0.3, -0.25) is 4.90 Å². The van der Waals surface area contributed by atoms with Gasteiger partial charge in [0.05, 0.1) is 12.1 Å². The second-order valence-electron chi connectivity index (χ2n) is 10.7. The van der Waals surface area contributed by atoms with E-state index in [0.29, 0.717) is 31.9 Å². The number of rotatable bonds is 11. The molecule has 0 amide bonds. The van der Waals surface area contributed by atoms with Gasteiger partial charge in [0.25, 0.3) is 0 Å². The molecule has 5 aromatic rings. The fourth-order valence-electron chi connectivity index (χ4n) is 5.85. The fraction of sp³-hybridized carbons (Fsp3) is 0.294. The van der Waals surface area contributed by atoms with Crippen molar-refractivity contribution in [3.8, 4) is 22.8 Å². The molecule has 2 aromatic heterocycles. The van der Waals surface area contributed by atoms with Gasteiger partial charge >= 0.3 is 5.97 Å². The van der Waals surface area contributed by atoms with Crippen LogP contribution in [0.4, 0.5) is 0 Å². The molecule has 0 atom stereocenters. The molecular formula is C34H35N3O4. The number of para-hydroxylation sites is 1. The highest BCUT2D eigenvalue weighted by Crippen LogP contribution is 2.35. The number of H-pyrrole nitrogens is 1. The summed E-state index contributed by atoms with van der Waals surface area (Å²) in [7, 11) is 0. The molecular weight excluding hydrogens is 514 g/mol. The number of aromatic carboxylic acids is 1. The van der Waals surface area contributed by atoms with Crippen molar-refractivity contribution in [1.29, 1.82) is 0 Å². The Morgan fingerprint density at radius 3 is 2.59 bits per heavy atom. The minimum absolute atomic E-state index is 0.228. The van der Waals surface area contributed by atoms with E-state index in [1.54, 1.807) is 0 Å². The molecule has 7 nitrogen and oxygen atoms in total. The number of carbonyl (C=O) groups is 1. The van der Waals surface area contributed by atoms with Gasteiger partial charge in [-0.15, -0.1) is 0 Å². The van der Waals surface area contributed by atoms with Crippen molar-refractivity contribution in [3.63, 3.8) is 0 Å². The van der Waals surface area contributed by atoms with Gasteiger partial charge in [-0.2, -0.15) is 0 Å². The van der Waals surface area contributed by atoms with E-state index in [1.165, 1.54) is 12.8 Å². The summed E-state index contributed by atoms with van der Waals surface area (Å²) in [5, 5.41) is 13.2. The first-order valence-corrected chi connectivity index (χ1v) is 14.4. The van der Waals surface area contributed by atoms with Crippen LogP contribution in [0.1, 0.15) is 40.9 Å². The van der Waals surface area contributed by atoms with Gasteiger partial charge < -0.3 is 19.6 Å². The highest BCUT2D eigenvalue weighted by atomic mass is 16.5. The van der Waals surface area contributed by atoms with Crippen LogP contribution in [0.3, 0.4) is 0 Å². The number of pyridine rings is 1. The van der Waals surface area contributed by atoms with Crippen molar-refractivity contribution in [2.45, 2.75) is 32.6 Å². The van der Waals surface area contributed by atoms with Crippen LogP contribution in [0.2, 0.25) is 0 Å². The number of nitrogens with one attached hydrogen (secondary N) is 1. The topological polar surface area (TPSA) is 87.7 Å². The number of carboxylic acid groups (broad SMARTS) is 1. The smallest absolute Gasteiger partial charge is 0.352 e. The predicted octanol–water partition coefficient (Wildman–Crippen LogP) is 6.88. The van der Waals surface area contributed by atoms with Crippen molar-refractivity contribution in [3.05, 3.63) is 89.7 Å². The lowest BCUT2D eigenvalue weighted by molar-refractivity contribution is 0.0690. The number of aryl methyl sites for hydroxylation is 2. The Hall–Kier alpha value is -4.36. The number of carboxylic acids is 1. The molecule has 0 radical (unpaired) electrons. The number of hydrogen-bond donors (Lipinski definition) is 2. The summed E-state index contributed by atoms with van der Waals surface area (Å²) >= 11 is 0. The van der Waals surface area contributed by atoms with Crippen LogP contribution in [0.25, 0.3) is 32.8 Å². The molecule has 1 fully saturated rings. The molecule has 7 heteroatoms. The van der Waals surface area contributed by atoms with E-state index >= 15 is 0 Å². The normalized spacial score (nSPS) is 13.7. The van der Waals surface area contributed by atoms with Crippen molar-refractivity contribution in [2.24, 2.45) is 0 Å². The Morgan fingerprint density at radius 1 is 0.951 bits per heavy atom. The SMILES string of the molecule is Cc1cnc(OCCN2CCCC2)cc1-c1cccc2c(CCCOc3cccc4ccccc34)c(C(=O)O)[nH]c12. The number of nitrogens with zero attached hydrogens (tertiary/aromatic N) is 2. The summed E-state index contributed by atoms with van der Waals surface area (Å²) < 4.78 is 12.2. The zero-order chi connectivity index (χ0) is 28.2. The molecule has 0 unspecified atom stereocenters. The van der Waals surface area contributed by atoms with Crippen LogP contribution < -0.4 is 9.47 Å². The summed E-state index contributed by atoms with van der Waals surface area (Å²) in [6, 6.07) is 22.2. The van der Waals surface area contributed by atoms with Gasteiger partial charge in [0.1, 0.15) is 18.1 Å². The van der Waals surface area contributed by atoms with Crippen molar-refractivity contribution >= 4 is 27.6 Å². The molecule has 3 heterocycles. The van der Waals surface area contributed by atoms with E-state index in [2.05, 4.69) is 33.1 Å². The summed E-state index contributed by atoms with van der Waals surface area (Å²) in [5.74, 6) is 0.460. The molecule has 2 N–H and O–H groups in total. The number of likely N-dealkylation sites (tertiary alicyclic amines) is 1. The maximum absolute atomic E-state index is 12.3. The molecule has 210 valence electrons. The van der Waals surface area contributed by atoms with Gasteiger partial charge in [-0.1, -0.05) is 54.6 Å². The van der Waals surface area contributed by atoms with Crippen LogP contribution in [0.15, 0.2) is 72.9 Å². The van der Waals surface area contributed by atoms with Crippen LogP contribution >= 0.6 is 0 Å². The third-order valence-electron chi connectivity index (χ3n) is 7.96. The second-order valence-corrected chi connectivity index (χ2v) is 10.7. The molecule has 0 aliphatic carbocycles. The lowest BCUT2D eigenvalue weighted by Gasteiger charge is -2.15. The van der Waals surface area contributed by atoms with Crippen molar-refractivity contribution in [1.82, 2.24) is 14.9 Å². The van der Waals surface area contributed by atoms with Crippen molar-refractivity contribution in [2.75, 3.05) is 32.8 Å². The second kappa shape index (κ2) is 12.0. The first-order valence-electron chi connectivity index (χ1n) is 14.4. The van der Waals surface area contributed by atoms with Crippen molar-refractivity contribution < 1.29 is 19.4 Å². The number of aromatic amines is 1. The fourth-order valence-corrected chi connectivity index (χ4v) is 5.85. The Labute approximate surface area is 239 Å². The number of ether oxygens (including phenoxy) is 2. The van der Waals surface area contributed by atoms with Gasteiger partial charge in [-0.05, 0) is 73.8 Å². The third-order valence-corrected chi connectivity index (χ3v) is 7.96. The standard InChI is InChI=1S/C34H35N3O4/c1-23-22-35-31(41-20-18-37-16-4-5-17-37)21-29(23)28-13-7-12-26-27(33(34(38)39)36-32(26)28)14-8-19-40-30-15-6-10-24-9-2-3-11-25(24)30/h2-3,6-7,9-13,15,21-22,36H,4-5,8,14,16-20H2,1H3,(H,38,39). The molecule has 1 aliphatic heterocycles. The molecule has 0 spiro atoms. The average Bonchev–Trinajstić information content (AvgIpc) is 3.64. The van der Waals surface area contributed by atoms with Gasteiger partial charge in [-0.25, -0.2) is 9.78 Å². The van der Waals surface area contributed by atoms with E-state index in [1.807, 2.05) is 61.7 Å². The van der Waals surface area contributed by atoms with Crippen LogP contribution in [0, 0.1) is 6.92 Å². The molecule has 41 heavy (non-hydrogen) atoms. The molecule has 6 rings (SSSR count). The highest BCUT2D eigenvalue weighted by Gasteiger charge is 2.20. The number of fused-ring (bicyclic) bond motifs is 2. The zero-order valence-electron chi connectivity index (χ0n) is 23.4. The summed E-state index contributed by atoms with van der Waals surface area (Å²) in [5.41, 5.74) is 4.75. The summed E-state index contributed by atoms with van der Waals surface area (Å²) in [4.78, 5) is 22.4. The summed E-state index contributed by atoms with van der Waals surface area (Å²) in [6.45, 7) is 6.26. The van der Waals surface area contributed by atoms with Crippen LogP contribution in [-0.2, 0) is 6.42 Å². The quantitative estimate of drug-likeness (QED) is 0.175. The van der Waals surface area contributed by atoms with Crippen LogP contribution in [0.5, 0.6) is 11.6 Å². The van der Waals surface area contributed by atoms with E-state index in [0.717, 1.165) is 69.3 Å². The first kappa shape index (κ1) is 26.8. The monoisotopic (exact) mass is 549 g/mol. The molecule has 0 bridgehead atoms. The van der Waals surface area contributed by atoms with Gasteiger partial charge in [0.15, 0.2) is 0 Å². The van der Waals surface area contributed by atoms with E-state index in [-0.39, 0.29) is 5.69 Å². The minimum Gasteiger partial charge on any atom is -0.493 e. The Kier molecular flexibility index (Phi) is 7.87. The number of aromatic nitrogens is 2. The largest absolute Gasteiger partial charge is 0.493 e. The average molecular weight is 550 g/mol. The predicted molar refractivity (Wildman–Crippen MR) is 162 cm³/mol. The molecule has 1 aliphatic rings. The minimum atomic E-state index is -0.963. The lowest BCUT2D eigenvalue weighted by Crippen LogP contribution is -2.25. The van der Waals surface area contributed by atoms with Gasteiger partial charge in [0.2, 0.25) is 5.88 Å². The van der Waals surface area contributed by atoms with Gasteiger partial charge in [0, 0.05) is 35.1 Å². The Bertz CT molecular complexity index is 1680. The third kappa shape index (κ3) is 5.77. The Balaban J connectivity index is 1.22. The number of hydrogen-bond acceptors (Lipinski definition) is 5. The maximum atomic E-state index is 12.3. The Morgan fingerprint density at radius 2 is 1.73 bits per heavy atom. The zero-order valence-corrected chi connectivity index (χ0v) is 23.4. The molecule has 3 aromatic carbocycles. The lowest BCUT2D eigenvalue weighted by atomic mass is 9.98. The maximum Gasteiger partial charge on any atom is 0.352 e. The van der Waals surface area contributed by atoms with Crippen LogP contribution in [-0.4, -0.2) is 58.8 Å². The first-order chi connectivity index (χ1) is 20.1. The van der Waals surface area contributed by atoms with E-state index in [4.69, 9.17) is 9.47 Å². The van der Waals surface area contributed by atoms with E-state index in [9.17, 15) is 9.90 Å². The van der Waals surface area contributed by atoms with E-state index < -0.39 is 5.97 Å².